The fourth-order valence-corrected chi connectivity index (χ4v) is 5.01. The molecule has 0 fully saturated rings. The van der Waals surface area contributed by atoms with E-state index >= 15 is 0 Å². The predicted molar refractivity (Wildman–Crippen MR) is 164 cm³/mol. The van der Waals surface area contributed by atoms with Gasteiger partial charge in [0.25, 0.3) is 0 Å². The molecule has 4 rings (SSSR count). The summed E-state index contributed by atoms with van der Waals surface area (Å²) in [6, 6.07) is 26.9. The van der Waals surface area contributed by atoms with Crippen LogP contribution in [0.25, 0.3) is 16.3 Å². The second-order valence-electron chi connectivity index (χ2n) is 9.75. The van der Waals surface area contributed by atoms with Gasteiger partial charge in [0.1, 0.15) is 5.75 Å². The van der Waals surface area contributed by atoms with Gasteiger partial charge in [-0.1, -0.05) is 85.3 Å². The van der Waals surface area contributed by atoms with Gasteiger partial charge in [-0.05, 0) is 83.6 Å². The molecule has 0 bridgehead atoms. The van der Waals surface area contributed by atoms with Crippen molar-refractivity contribution in [2.24, 2.45) is 11.7 Å². The maximum absolute atomic E-state index is 14.2. The lowest BCUT2D eigenvalue weighted by Crippen LogP contribution is -2.38. The van der Waals surface area contributed by atoms with Crippen LogP contribution in [0.1, 0.15) is 36.0 Å². The normalized spacial score (nSPS) is 11.7. The average molecular weight is 539 g/mol. The van der Waals surface area contributed by atoms with Crippen molar-refractivity contribution in [1.82, 2.24) is 0 Å². The van der Waals surface area contributed by atoms with Crippen LogP contribution in [0.4, 0.5) is 5.69 Å². The molecule has 0 aromatic heterocycles. The number of unbranched alkanes of at least 4 members (excludes halogenated alkanes) is 2. The molecular formula is C34H35ClN2O2. The first kappa shape index (κ1) is 28.2. The number of aromatic hydroxyl groups is 1. The Labute approximate surface area is 236 Å². The van der Waals surface area contributed by atoms with Crippen LogP contribution in [0.3, 0.4) is 0 Å². The summed E-state index contributed by atoms with van der Waals surface area (Å²) in [6.07, 6.45) is 4.93. The number of phenols is 1. The van der Waals surface area contributed by atoms with E-state index in [0.29, 0.717) is 24.5 Å². The number of hydrogen-bond acceptors (Lipinski definition) is 3. The Morgan fingerprint density at radius 2 is 1.69 bits per heavy atom. The molecule has 0 spiro atoms. The van der Waals surface area contributed by atoms with Gasteiger partial charge in [-0.2, -0.15) is 0 Å². The first-order chi connectivity index (χ1) is 18.9. The largest absolute Gasteiger partial charge is 0.508 e. The molecule has 1 unspecified atom stereocenters. The number of carbonyl (C=O) groups is 1. The molecule has 0 heterocycles. The third kappa shape index (κ3) is 6.97. The number of phenolic OH excluding ortho intramolecular Hbond substituents is 1. The zero-order valence-electron chi connectivity index (χ0n) is 22.2. The maximum atomic E-state index is 14.2. The van der Waals surface area contributed by atoms with Crippen LogP contribution in [0.15, 0.2) is 104 Å². The number of benzene rings is 4. The Kier molecular flexibility index (Phi) is 9.59. The van der Waals surface area contributed by atoms with Gasteiger partial charge in [0.15, 0.2) is 0 Å². The van der Waals surface area contributed by atoms with Crippen molar-refractivity contribution in [3.63, 3.8) is 0 Å². The first-order valence-corrected chi connectivity index (χ1v) is 13.7. The lowest BCUT2D eigenvalue weighted by Gasteiger charge is -2.29. The number of fused-ring (bicyclic) bond motifs is 1. The quantitative estimate of drug-likeness (QED) is 0.143. The summed E-state index contributed by atoms with van der Waals surface area (Å²) in [6.45, 7) is 9.51. The summed E-state index contributed by atoms with van der Waals surface area (Å²) in [5, 5.41) is 12.6. The van der Waals surface area contributed by atoms with Crippen molar-refractivity contribution in [3.8, 4) is 5.75 Å². The standard InChI is InChI=1S/C34H35ClN2O2/c1-3-26(21-25-11-12-28-9-5-6-10-29(28)22-25)34(39)37(20-8-4-7-19-36)33-18-15-30(35)23-32(33)24(2)27-13-16-31(38)17-14-27/h3,5-6,9-18,22-23,26,38H,1-2,4,7-8,19-21,36H2. The van der Waals surface area contributed by atoms with E-state index in [9.17, 15) is 9.90 Å². The van der Waals surface area contributed by atoms with Crippen molar-refractivity contribution in [3.05, 3.63) is 126 Å². The first-order valence-electron chi connectivity index (χ1n) is 13.3. The smallest absolute Gasteiger partial charge is 0.234 e. The molecule has 0 radical (unpaired) electrons. The zero-order valence-corrected chi connectivity index (χ0v) is 22.9. The van der Waals surface area contributed by atoms with Crippen molar-refractivity contribution in [2.75, 3.05) is 18.0 Å². The van der Waals surface area contributed by atoms with Crippen LogP contribution >= 0.6 is 11.6 Å². The topological polar surface area (TPSA) is 66.6 Å². The molecule has 1 amide bonds. The Hall–Kier alpha value is -3.86. The van der Waals surface area contributed by atoms with E-state index < -0.39 is 5.92 Å². The number of nitrogens with zero attached hydrogens (tertiary/aromatic N) is 1. The Balaban J connectivity index is 1.69. The highest BCUT2D eigenvalue weighted by Gasteiger charge is 2.26. The molecule has 39 heavy (non-hydrogen) atoms. The summed E-state index contributed by atoms with van der Waals surface area (Å²) in [5.74, 6) is -0.254. The molecule has 0 aliphatic heterocycles. The van der Waals surface area contributed by atoms with Crippen molar-refractivity contribution in [1.29, 1.82) is 0 Å². The number of halogens is 1. The van der Waals surface area contributed by atoms with Gasteiger partial charge in [0.05, 0.1) is 11.6 Å². The highest BCUT2D eigenvalue weighted by Crippen LogP contribution is 2.35. The molecule has 5 heteroatoms. The third-order valence-electron chi connectivity index (χ3n) is 7.01. The predicted octanol–water partition coefficient (Wildman–Crippen LogP) is 7.77. The molecule has 4 nitrogen and oxygen atoms in total. The summed E-state index contributed by atoms with van der Waals surface area (Å²) < 4.78 is 0. The van der Waals surface area contributed by atoms with Crippen molar-refractivity contribution in [2.45, 2.75) is 25.7 Å². The average Bonchev–Trinajstić information content (AvgIpc) is 2.96. The molecule has 0 aliphatic rings. The minimum atomic E-state index is -0.411. The number of amides is 1. The number of rotatable bonds is 12. The van der Waals surface area contributed by atoms with Gasteiger partial charge >= 0.3 is 0 Å². The molecule has 0 saturated heterocycles. The van der Waals surface area contributed by atoms with E-state index in [4.69, 9.17) is 17.3 Å². The molecule has 1 atom stereocenters. The molecule has 200 valence electrons. The van der Waals surface area contributed by atoms with E-state index in [1.165, 1.54) is 5.39 Å². The monoisotopic (exact) mass is 538 g/mol. The minimum Gasteiger partial charge on any atom is -0.508 e. The molecule has 3 N–H and O–H groups in total. The highest BCUT2D eigenvalue weighted by molar-refractivity contribution is 6.31. The van der Waals surface area contributed by atoms with Crippen LogP contribution in [0.5, 0.6) is 5.75 Å². The van der Waals surface area contributed by atoms with Crippen molar-refractivity contribution < 1.29 is 9.90 Å². The fourth-order valence-electron chi connectivity index (χ4n) is 4.84. The minimum absolute atomic E-state index is 0.0204. The number of hydrogen-bond donors (Lipinski definition) is 2. The molecule has 4 aromatic rings. The van der Waals surface area contributed by atoms with E-state index in [-0.39, 0.29) is 11.7 Å². The van der Waals surface area contributed by atoms with Gasteiger partial charge in [0.2, 0.25) is 5.91 Å². The van der Waals surface area contributed by atoms with Crippen molar-refractivity contribution >= 4 is 39.5 Å². The van der Waals surface area contributed by atoms with Gasteiger partial charge in [-0.25, -0.2) is 0 Å². The Morgan fingerprint density at radius 1 is 0.949 bits per heavy atom. The van der Waals surface area contributed by atoms with Crippen LogP contribution in [0.2, 0.25) is 5.02 Å². The number of nitrogens with two attached hydrogens (primary N) is 1. The number of carbonyl (C=O) groups excluding carboxylic acids is 1. The summed E-state index contributed by atoms with van der Waals surface area (Å²) in [7, 11) is 0. The Bertz CT molecular complexity index is 1460. The van der Waals surface area contributed by atoms with Crippen LogP contribution in [-0.2, 0) is 11.2 Å². The van der Waals surface area contributed by atoms with Gasteiger partial charge in [-0.3, -0.25) is 4.79 Å². The molecule has 0 aliphatic carbocycles. The van der Waals surface area contributed by atoms with E-state index in [1.807, 2.05) is 41.3 Å². The van der Waals surface area contributed by atoms with Crippen LogP contribution in [-0.4, -0.2) is 24.1 Å². The summed E-state index contributed by atoms with van der Waals surface area (Å²) >= 11 is 6.43. The van der Waals surface area contributed by atoms with E-state index in [2.05, 4.69) is 43.5 Å². The summed E-state index contributed by atoms with van der Waals surface area (Å²) in [4.78, 5) is 16.0. The van der Waals surface area contributed by atoms with Crippen LogP contribution in [0, 0.1) is 5.92 Å². The van der Waals surface area contributed by atoms with Crippen LogP contribution < -0.4 is 10.6 Å². The fraction of sp³-hybridized carbons (Fsp3) is 0.206. The lowest BCUT2D eigenvalue weighted by atomic mass is 9.94. The van der Waals surface area contributed by atoms with E-state index in [0.717, 1.165) is 52.6 Å². The molecule has 0 saturated carbocycles. The second kappa shape index (κ2) is 13.3. The second-order valence-corrected chi connectivity index (χ2v) is 10.2. The zero-order chi connectivity index (χ0) is 27.8. The van der Waals surface area contributed by atoms with Gasteiger partial charge < -0.3 is 15.7 Å². The van der Waals surface area contributed by atoms with E-state index in [1.54, 1.807) is 24.3 Å². The Morgan fingerprint density at radius 3 is 2.41 bits per heavy atom. The third-order valence-corrected chi connectivity index (χ3v) is 7.25. The lowest BCUT2D eigenvalue weighted by molar-refractivity contribution is -0.121. The maximum Gasteiger partial charge on any atom is 0.234 e. The van der Waals surface area contributed by atoms with Gasteiger partial charge in [-0.15, -0.1) is 6.58 Å². The number of anilines is 1. The van der Waals surface area contributed by atoms with Gasteiger partial charge in [0, 0.05) is 17.1 Å². The highest BCUT2D eigenvalue weighted by atomic mass is 35.5. The molecule has 4 aromatic carbocycles. The molecular weight excluding hydrogens is 504 g/mol. The summed E-state index contributed by atoms with van der Waals surface area (Å²) in [5.41, 5.74) is 9.89. The SMILES string of the molecule is C=CC(Cc1ccc2ccccc2c1)C(=O)N(CCCCCN)c1ccc(Cl)cc1C(=C)c1ccc(O)cc1.